The Morgan fingerprint density at radius 3 is 2.58 bits per heavy atom. The van der Waals surface area contributed by atoms with E-state index in [-0.39, 0.29) is 55.9 Å². The molecule has 0 aliphatic carbocycles. The van der Waals surface area contributed by atoms with Crippen molar-refractivity contribution >= 4 is 63.9 Å². The van der Waals surface area contributed by atoms with Crippen LogP contribution in [0.2, 0.25) is 5.02 Å². The van der Waals surface area contributed by atoms with Gasteiger partial charge in [-0.05, 0) is 70.0 Å². The summed E-state index contributed by atoms with van der Waals surface area (Å²) >= 11 is 7.87. The minimum Gasteiger partial charge on any atom is -0.378 e. The number of hydrogen-bond donors (Lipinski definition) is 4. The molecule has 1 fully saturated rings. The quantitative estimate of drug-likeness (QED) is 0.101. The predicted molar refractivity (Wildman–Crippen MR) is 215 cm³/mol. The Morgan fingerprint density at radius 1 is 1.00 bits per heavy atom. The lowest BCUT2D eigenvalue weighted by Crippen LogP contribution is -2.52. The number of fused-ring (bicyclic) bond motifs is 4. The number of nitrogens with zero attached hydrogens (tertiary/aromatic N) is 5. The van der Waals surface area contributed by atoms with E-state index in [1.165, 1.54) is 9.78 Å². The van der Waals surface area contributed by atoms with E-state index < -0.39 is 18.0 Å². The first-order valence-corrected chi connectivity index (χ1v) is 20.2. The monoisotopic (exact) mass is 813 g/mol. The molecule has 1 saturated heterocycles. The van der Waals surface area contributed by atoms with Gasteiger partial charge in [-0.1, -0.05) is 29.8 Å². The van der Waals surface area contributed by atoms with Crippen LogP contribution in [0.5, 0.6) is 0 Å². The van der Waals surface area contributed by atoms with Crippen molar-refractivity contribution in [1.29, 1.82) is 0 Å². The maximum atomic E-state index is 13.2. The predicted octanol–water partition coefficient (Wildman–Crippen LogP) is 4.09. The van der Waals surface area contributed by atoms with E-state index in [2.05, 4.69) is 45.3 Å². The molecule has 4 N–H and O–H groups in total. The van der Waals surface area contributed by atoms with E-state index in [0.717, 1.165) is 33.2 Å². The number of anilines is 1. The Bertz CT molecular complexity index is 2250. The highest BCUT2D eigenvalue weighted by atomic mass is 35.5. The number of carbonyl (C=O) groups excluding carboxylic acids is 5. The number of hydrogen-bond acceptors (Lipinski definition) is 11. The molecule has 0 bridgehead atoms. The average molecular weight is 814 g/mol. The summed E-state index contributed by atoms with van der Waals surface area (Å²) in [6.07, 6.45) is 1.38. The summed E-state index contributed by atoms with van der Waals surface area (Å²) in [4.78, 5) is 70.8. The number of carbonyl (C=O) groups is 5. The first kappa shape index (κ1) is 39.9. The van der Waals surface area contributed by atoms with Gasteiger partial charge in [-0.25, -0.2) is 0 Å². The number of thiophene rings is 1. The Labute approximate surface area is 338 Å². The van der Waals surface area contributed by atoms with Gasteiger partial charge in [-0.3, -0.25) is 38.8 Å². The third-order valence-corrected chi connectivity index (χ3v) is 11.8. The van der Waals surface area contributed by atoms with Crippen molar-refractivity contribution in [3.63, 3.8) is 0 Å². The summed E-state index contributed by atoms with van der Waals surface area (Å²) in [7, 11) is 0. The van der Waals surface area contributed by atoms with E-state index in [1.54, 1.807) is 29.5 Å². The number of piperidine rings is 1. The summed E-state index contributed by atoms with van der Waals surface area (Å²) in [6.45, 7) is 8.51. The van der Waals surface area contributed by atoms with Crippen molar-refractivity contribution in [2.75, 3.05) is 38.2 Å². The third-order valence-electron chi connectivity index (χ3n) is 10.3. The summed E-state index contributed by atoms with van der Waals surface area (Å²) in [5.41, 5.74) is 5.48. The van der Waals surface area contributed by atoms with E-state index in [1.807, 2.05) is 35.8 Å². The summed E-state index contributed by atoms with van der Waals surface area (Å²) in [5.74, 6) is -0.125. The molecule has 5 heterocycles. The highest BCUT2D eigenvalue weighted by Crippen LogP contribution is 2.40. The average Bonchev–Trinajstić information content (AvgIpc) is 3.80. The number of nitrogens with one attached hydrogen (secondary N) is 4. The molecule has 298 valence electrons. The first-order chi connectivity index (χ1) is 27.5. The smallest absolute Gasteiger partial charge is 0.255 e. The lowest BCUT2D eigenvalue weighted by molar-refractivity contribution is -0.137. The summed E-state index contributed by atoms with van der Waals surface area (Å²) < 4.78 is 7.74. The molecule has 0 saturated carbocycles. The Balaban J connectivity index is 0.823. The number of ether oxygens (including phenoxy) is 1. The fourth-order valence-electron chi connectivity index (χ4n) is 7.30. The molecule has 0 radical (unpaired) electrons. The number of rotatable bonds is 15. The van der Waals surface area contributed by atoms with Crippen LogP contribution in [0, 0.1) is 20.8 Å². The zero-order valence-corrected chi connectivity index (χ0v) is 33.5. The molecule has 57 heavy (non-hydrogen) atoms. The molecule has 17 heteroatoms. The van der Waals surface area contributed by atoms with Crippen LogP contribution in [0.4, 0.5) is 5.69 Å². The number of imide groups is 1. The second-order valence-corrected chi connectivity index (χ2v) is 15.8. The molecular weight excluding hydrogens is 770 g/mol. The topological polar surface area (TPSA) is 189 Å². The highest BCUT2D eigenvalue weighted by molar-refractivity contribution is 7.15. The van der Waals surface area contributed by atoms with Gasteiger partial charge >= 0.3 is 0 Å². The van der Waals surface area contributed by atoms with Crippen LogP contribution in [0.1, 0.15) is 87.3 Å². The van der Waals surface area contributed by atoms with E-state index in [9.17, 15) is 24.0 Å². The number of aryl methyl sites for hydroxylation is 2. The van der Waals surface area contributed by atoms with Gasteiger partial charge in [0.25, 0.3) is 5.91 Å². The van der Waals surface area contributed by atoms with Crippen LogP contribution in [-0.2, 0) is 30.5 Å². The van der Waals surface area contributed by atoms with Crippen LogP contribution in [0.15, 0.2) is 47.5 Å². The first-order valence-electron chi connectivity index (χ1n) is 19.0. The van der Waals surface area contributed by atoms with Crippen molar-refractivity contribution in [1.82, 2.24) is 35.6 Å². The summed E-state index contributed by atoms with van der Waals surface area (Å²) in [6, 6.07) is 11.4. The van der Waals surface area contributed by atoms with E-state index >= 15 is 0 Å². The highest BCUT2D eigenvalue weighted by Gasteiger charge is 2.40. The van der Waals surface area contributed by atoms with Gasteiger partial charge < -0.3 is 25.6 Å². The number of aromatic nitrogens is 3. The lowest BCUT2D eigenvalue weighted by atomic mass is 9.99. The fourth-order valence-corrected chi connectivity index (χ4v) is 8.64. The molecule has 4 aromatic rings. The van der Waals surface area contributed by atoms with E-state index in [4.69, 9.17) is 21.3 Å². The van der Waals surface area contributed by atoms with Crippen LogP contribution in [0.3, 0.4) is 0 Å². The Morgan fingerprint density at radius 2 is 1.79 bits per heavy atom. The molecule has 0 spiro atoms. The zero-order valence-electron chi connectivity index (χ0n) is 31.9. The minimum absolute atomic E-state index is 0.0863. The summed E-state index contributed by atoms with van der Waals surface area (Å²) in [5, 5.41) is 21.9. The van der Waals surface area contributed by atoms with Crippen molar-refractivity contribution in [3.05, 3.63) is 91.8 Å². The molecule has 15 nitrogen and oxygen atoms in total. The van der Waals surface area contributed by atoms with Gasteiger partial charge in [0.2, 0.25) is 23.6 Å². The van der Waals surface area contributed by atoms with Crippen LogP contribution in [-0.4, -0.2) is 93.8 Å². The van der Waals surface area contributed by atoms with Gasteiger partial charge in [0.1, 0.15) is 22.9 Å². The number of amides is 5. The standard InChI is InChI=1S/C40H44ClN9O6S/c1-22-23(2)57-40-35(22)36(25-9-11-26(41)12-10-25)45-30(37-48-47-24(3)50(37)40)20-34(53)43-17-19-56-18-16-42-15-5-8-32(51)44-29-7-4-6-27-28(29)21-49(39(27)55)31-13-14-33(52)46-38(31)54/h4,6-7,9-12,30-31,42H,5,8,13-21H2,1-3H3,(H,43,53)(H,44,51)(H,46,52,54)/t30-,31?/m0/s1. The van der Waals surface area contributed by atoms with Gasteiger partial charge in [0.05, 0.1) is 25.3 Å². The second-order valence-electron chi connectivity index (χ2n) is 14.2. The molecule has 3 aliphatic rings. The lowest BCUT2D eigenvalue weighted by Gasteiger charge is -2.29. The molecule has 1 unspecified atom stereocenters. The van der Waals surface area contributed by atoms with Crippen molar-refractivity contribution in [2.24, 2.45) is 4.99 Å². The number of benzene rings is 2. The van der Waals surface area contributed by atoms with Gasteiger partial charge in [0.15, 0.2) is 5.82 Å². The molecule has 2 aromatic heterocycles. The van der Waals surface area contributed by atoms with E-state index in [0.29, 0.717) is 66.9 Å². The number of aliphatic imine (C=N–C) groups is 1. The minimum atomic E-state index is -0.721. The van der Waals surface area contributed by atoms with Gasteiger partial charge in [0, 0.05) is 70.3 Å². The normalized spacial score (nSPS) is 17.4. The zero-order chi connectivity index (χ0) is 40.2. The molecule has 2 atom stereocenters. The van der Waals surface area contributed by atoms with Crippen molar-refractivity contribution in [2.45, 2.75) is 71.5 Å². The molecule has 3 aliphatic heterocycles. The molecular formula is C40H44ClN9O6S. The Hall–Kier alpha value is -5.29. The molecule has 7 rings (SSSR count). The number of halogens is 1. The van der Waals surface area contributed by atoms with Crippen molar-refractivity contribution in [3.8, 4) is 5.00 Å². The van der Waals surface area contributed by atoms with Crippen molar-refractivity contribution < 1.29 is 28.7 Å². The van der Waals surface area contributed by atoms with Crippen LogP contribution < -0.4 is 21.3 Å². The maximum absolute atomic E-state index is 13.2. The largest absolute Gasteiger partial charge is 0.378 e. The van der Waals surface area contributed by atoms with Crippen LogP contribution in [0.25, 0.3) is 5.00 Å². The van der Waals surface area contributed by atoms with Gasteiger partial charge in [-0.2, -0.15) is 0 Å². The fraction of sp³-hybridized carbons (Fsp3) is 0.400. The molecule has 5 amide bonds. The second kappa shape index (κ2) is 17.5. The Kier molecular flexibility index (Phi) is 12.2. The SMILES string of the molecule is Cc1sc2c(c1C)C(c1ccc(Cl)cc1)=N[C@@H](CC(=O)NCCOCCNCCCC(=O)Nc1cccc3c1CN(C1CCC(=O)NC1=O)C3=O)c1nnc(C)n1-2. The molecule has 2 aromatic carbocycles. The van der Waals surface area contributed by atoms with Crippen LogP contribution >= 0.6 is 22.9 Å². The maximum Gasteiger partial charge on any atom is 0.255 e. The van der Waals surface area contributed by atoms with Gasteiger partial charge in [-0.15, -0.1) is 21.5 Å². The third kappa shape index (κ3) is 8.68.